The van der Waals surface area contributed by atoms with Crippen LogP contribution in [0.15, 0.2) is 312 Å². The number of allylic oxidation sites excluding steroid dienone is 11. The molecule has 1 aliphatic carbocycles. The molecular formula is C81H65NS3. The molecule has 2 aliphatic heterocycles. The van der Waals surface area contributed by atoms with Gasteiger partial charge in [-0.05, 0) is 176 Å². The van der Waals surface area contributed by atoms with Crippen LogP contribution in [0.1, 0.15) is 65.8 Å². The molecule has 85 heavy (non-hydrogen) atoms. The summed E-state index contributed by atoms with van der Waals surface area (Å²) in [6.45, 7) is 5.47. The summed E-state index contributed by atoms with van der Waals surface area (Å²) >= 11 is 5.63. The molecule has 0 amide bonds. The van der Waals surface area contributed by atoms with Crippen molar-refractivity contribution in [1.82, 2.24) is 0 Å². The van der Waals surface area contributed by atoms with Gasteiger partial charge < -0.3 is 4.90 Å². The van der Waals surface area contributed by atoms with Gasteiger partial charge in [0.15, 0.2) is 0 Å². The fourth-order valence-corrected chi connectivity index (χ4v) is 15.6. The van der Waals surface area contributed by atoms with E-state index in [1.54, 1.807) is 0 Å². The highest BCUT2D eigenvalue weighted by Crippen LogP contribution is 2.50. The Hall–Kier alpha value is -8.90. The van der Waals surface area contributed by atoms with Crippen molar-refractivity contribution in [2.75, 3.05) is 11.4 Å². The van der Waals surface area contributed by atoms with E-state index in [9.17, 15) is 0 Å². The topological polar surface area (TPSA) is 3.24 Å². The van der Waals surface area contributed by atoms with Crippen molar-refractivity contribution in [3.8, 4) is 22.3 Å². The highest BCUT2D eigenvalue weighted by atomic mass is 32.2. The minimum atomic E-state index is 0.961. The SMILES string of the molecule is C(/C=C1\CCCC(/C=C/c2cc(-c3ccccc3)cc(-c3ccccc3)c2)=C1c1ccccc1)=C1C=C(c2ccccc2)SC(c2ccccc2)=C1.CCc1c(C=CC=C2Sc3ccc4ccccc4c3N2CC)sc2ccc3ccccc3c12. The van der Waals surface area contributed by atoms with Crippen LogP contribution in [-0.4, -0.2) is 6.54 Å². The molecule has 412 valence electrons. The first-order chi connectivity index (χ1) is 42.0. The van der Waals surface area contributed by atoms with Crippen LogP contribution in [-0.2, 0) is 6.42 Å². The molecule has 1 nitrogen and oxygen atoms in total. The molecule has 10 aromatic carbocycles. The van der Waals surface area contributed by atoms with Crippen LogP contribution < -0.4 is 4.90 Å². The number of thiophene rings is 1. The van der Waals surface area contributed by atoms with Gasteiger partial charge in [-0.25, -0.2) is 0 Å². The summed E-state index contributed by atoms with van der Waals surface area (Å²) in [6, 6.07) is 87.3. The third-order valence-corrected chi connectivity index (χ3v) is 19.6. The van der Waals surface area contributed by atoms with E-state index in [4.69, 9.17) is 0 Å². The third kappa shape index (κ3) is 12.2. The van der Waals surface area contributed by atoms with E-state index in [0.717, 1.165) is 32.2 Å². The van der Waals surface area contributed by atoms with Crippen molar-refractivity contribution in [2.45, 2.75) is 44.4 Å². The summed E-state index contributed by atoms with van der Waals surface area (Å²) in [6.07, 6.45) is 25.2. The number of thioether (sulfide) groups is 2. The molecule has 0 radical (unpaired) electrons. The van der Waals surface area contributed by atoms with Crippen molar-refractivity contribution < 1.29 is 0 Å². The van der Waals surface area contributed by atoms with Crippen LogP contribution in [0.25, 0.3) is 81.4 Å². The summed E-state index contributed by atoms with van der Waals surface area (Å²) in [5.74, 6) is 0. The van der Waals surface area contributed by atoms with Crippen molar-refractivity contribution >= 4 is 99.7 Å². The molecule has 3 aliphatic rings. The van der Waals surface area contributed by atoms with Gasteiger partial charge in [-0.1, -0.05) is 273 Å². The predicted molar refractivity (Wildman–Crippen MR) is 375 cm³/mol. The molecule has 4 heteroatoms. The maximum absolute atomic E-state index is 2.45. The summed E-state index contributed by atoms with van der Waals surface area (Å²) in [5.41, 5.74) is 18.0. The molecule has 0 fully saturated rings. The largest absolute Gasteiger partial charge is 0.335 e. The maximum atomic E-state index is 2.45. The molecule has 0 saturated heterocycles. The lowest BCUT2D eigenvalue weighted by Crippen LogP contribution is -2.16. The minimum absolute atomic E-state index is 0.961. The first-order valence-electron chi connectivity index (χ1n) is 29.7. The Morgan fingerprint density at radius 2 is 1.01 bits per heavy atom. The Balaban J connectivity index is 0.000000175. The number of hydrogen-bond donors (Lipinski definition) is 0. The average Bonchev–Trinajstić information content (AvgIpc) is 3.04. The highest BCUT2D eigenvalue weighted by Gasteiger charge is 2.26. The Morgan fingerprint density at radius 1 is 0.459 bits per heavy atom. The second-order valence-electron chi connectivity index (χ2n) is 21.5. The zero-order chi connectivity index (χ0) is 57.3. The zero-order valence-corrected chi connectivity index (χ0v) is 50.4. The van der Waals surface area contributed by atoms with Crippen molar-refractivity contribution in [3.63, 3.8) is 0 Å². The molecule has 11 aromatic rings. The normalized spacial score (nSPS) is 15.3. The summed E-state index contributed by atoms with van der Waals surface area (Å²) < 4.78 is 1.38. The van der Waals surface area contributed by atoms with Gasteiger partial charge in [-0.2, -0.15) is 0 Å². The number of anilines is 1. The molecule has 0 atom stereocenters. The number of benzene rings is 10. The molecule has 0 bridgehead atoms. The van der Waals surface area contributed by atoms with E-state index in [1.165, 1.54) is 134 Å². The number of fused-ring (bicyclic) bond motifs is 6. The highest BCUT2D eigenvalue weighted by molar-refractivity contribution is 8.16. The van der Waals surface area contributed by atoms with Crippen molar-refractivity contribution in [1.29, 1.82) is 0 Å². The lowest BCUT2D eigenvalue weighted by atomic mass is 9.82. The number of nitrogens with zero attached hydrogens (tertiary/aromatic N) is 1. The van der Waals surface area contributed by atoms with E-state index < -0.39 is 0 Å². The van der Waals surface area contributed by atoms with Gasteiger partial charge in [-0.15, -0.1) is 11.3 Å². The van der Waals surface area contributed by atoms with Crippen LogP contribution in [0.2, 0.25) is 0 Å². The van der Waals surface area contributed by atoms with Gasteiger partial charge in [0.05, 0.1) is 10.7 Å². The second kappa shape index (κ2) is 25.9. The van der Waals surface area contributed by atoms with Gasteiger partial charge >= 0.3 is 0 Å². The standard InChI is InChI=1S/C51H40S.C30H25NS2/c1-6-17-40(18-7-1)47-33-38(34-48(37-47)41-19-8-2-9-20-41)29-31-45-27-16-28-46(51(45)44-25-14-5-15-26-44)32-30-39-35-49(42-21-10-3-11-22-42)52-50(36-39)43-23-12-4-13-24-43;1-3-22-25(32-26-18-16-20-10-5-7-12-23(20)29(22)26)14-9-15-28-31(4-2)30-24-13-8-6-11-21(24)17-19-27(30)33-28/h1-15,17-26,29-37H,16,27-28H2;5-19H,3-4H2,1-2H3/b31-29+,46-32+;. The Morgan fingerprint density at radius 3 is 1.62 bits per heavy atom. The fraction of sp³-hybridized carbons (Fsp3) is 0.0864. The van der Waals surface area contributed by atoms with E-state index in [2.05, 4.69) is 316 Å². The zero-order valence-electron chi connectivity index (χ0n) is 48.0. The van der Waals surface area contributed by atoms with Crippen molar-refractivity contribution in [2.24, 2.45) is 0 Å². The molecular weight excluding hydrogens is 1080 g/mol. The maximum Gasteiger partial charge on any atom is 0.0801 e. The van der Waals surface area contributed by atoms with Gasteiger partial charge in [0.2, 0.25) is 0 Å². The molecule has 14 rings (SSSR count). The number of hydrogen-bond acceptors (Lipinski definition) is 4. The lowest BCUT2D eigenvalue weighted by molar-refractivity contribution is 0.806. The van der Waals surface area contributed by atoms with E-state index in [-0.39, 0.29) is 0 Å². The first-order valence-corrected chi connectivity index (χ1v) is 32.1. The molecule has 0 saturated carbocycles. The van der Waals surface area contributed by atoms with Crippen LogP contribution >= 0.6 is 34.9 Å². The second-order valence-corrected chi connectivity index (χ2v) is 24.8. The molecule has 0 N–H and O–H groups in total. The molecule has 3 heterocycles. The quantitative estimate of drug-likeness (QED) is 0.120. The Labute approximate surface area is 513 Å². The Kier molecular flexibility index (Phi) is 16.9. The Bertz CT molecular complexity index is 4360. The monoisotopic (exact) mass is 1150 g/mol. The van der Waals surface area contributed by atoms with Gasteiger partial charge in [0.1, 0.15) is 0 Å². The van der Waals surface area contributed by atoms with Gasteiger partial charge in [0, 0.05) is 41.6 Å². The minimum Gasteiger partial charge on any atom is -0.335 e. The molecule has 0 spiro atoms. The lowest BCUT2D eigenvalue weighted by Gasteiger charge is -2.22. The van der Waals surface area contributed by atoms with Gasteiger partial charge in [-0.3, -0.25) is 0 Å². The predicted octanol–water partition coefficient (Wildman–Crippen LogP) is 23.6. The van der Waals surface area contributed by atoms with Crippen LogP contribution in [0, 0.1) is 0 Å². The summed E-state index contributed by atoms with van der Waals surface area (Å²) in [5, 5.41) is 8.05. The first kappa shape index (κ1) is 55.3. The molecule has 1 aromatic heterocycles. The average molecular weight is 1150 g/mol. The number of aryl methyl sites for hydroxylation is 1. The van der Waals surface area contributed by atoms with Crippen LogP contribution in [0.4, 0.5) is 5.69 Å². The van der Waals surface area contributed by atoms with E-state index in [1.807, 2.05) is 34.9 Å². The smallest absolute Gasteiger partial charge is 0.0801 e. The van der Waals surface area contributed by atoms with Crippen LogP contribution in [0.5, 0.6) is 0 Å². The van der Waals surface area contributed by atoms with E-state index >= 15 is 0 Å². The fourth-order valence-electron chi connectivity index (χ4n) is 12.0. The summed E-state index contributed by atoms with van der Waals surface area (Å²) in [7, 11) is 0. The van der Waals surface area contributed by atoms with Crippen LogP contribution in [0.3, 0.4) is 0 Å². The summed E-state index contributed by atoms with van der Waals surface area (Å²) in [4.78, 5) is 7.70. The van der Waals surface area contributed by atoms with Gasteiger partial charge in [0.25, 0.3) is 0 Å². The van der Waals surface area contributed by atoms with Crippen molar-refractivity contribution in [3.05, 3.63) is 340 Å². The third-order valence-electron chi connectivity index (χ3n) is 16.1. The number of rotatable bonds is 12. The molecule has 0 unspecified atom stereocenters. The van der Waals surface area contributed by atoms with E-state index in [0.29, 0.717) is 0 Å².